The lowest BCUT2D eigenvalue weighted by Crippen LogP contribution is -2.13. The van der Waals surface area contributed by atoms with Crippen molar-refractivity contribution in [1.29, 1.82) is 0 Å². The maximum absolute atomic E-state index is 12.5. The topological polar surface area (TPSA) is 57.8 Å². The molecule has 1 heterocycles. The molecule has 3 aromatic rings. The quantitative estimate of drug-likeness (QED) is 0.552. The largest absolute Gasteiger partial charge is 0.342 e. The molecule has 1 amide bonds. The van der Waals surface area contributed by atoms with Crippen LogP contribution in [0.1, 0.15) is 41.5 Å². The lowest BCUT2D eigenvalue weighted by Gasteiger charge is -2.08. The molecule has 24 heavy (non-hydrogen) atoms. The summed E-state index contributed by atoms with van der Waals surface area (Å²) in [4.78, 5) is 20.5. The van der Waals surface area contributed by atoms with Crippen LogP contribution in [0.4, 0.5) is 5.69 Å². The number of anilines is 1. The molecular weight excluding hydrogens is 413 g/mol. The van der Waals surface area contributed by atoms with Gasteiger partial charge in [0, 0.05) is 15.7 Å². The Morgan fingerprint density at radius 2 is 2.12 bits per heavy atom. The molecule has 2 aromatic carbocycles. The first-order valence-electron chi connectivity index (χ1n) is 8.13. The molecule has 0 saturated heterocycles. The molecule has 0 fully saturated rings. The van der Waals surface area contributed by atoms with Crippen LogP contribution < -0.4 is 5.32 Å². The zero-order valence-electron chi connectivity index (χ0n) is 13.8. The Morgan fingerprint density at radius 3 is 2.92 bits per heavy atom. The number of nitrogens with one attached hydrogen (secondary N) is 2. The van der Waals surface area contributed by atoms with E-state index in [9.17, 15) is 4.79 Å². The number of carbonyl (C=O) groups excluding carboxylic acids is 1. The molecule has 5 heteroatoms. The molecule has 124 valence electrons. The van der Waals surface area contributed by atoms with Crippen LogP contribution in [0.25, 0.3) is 11.0 Å². The average Bonchev–Trinajstić information content (AvgIpc) is 2.97. The number of aromatic nitrogens is 2. The van der Waals surface area contributed by atoms with Crippen molar-refractivity contribution in [3.63, 3.8) is 0 Å². The second-order valence-electron chi connectivity index (χ2n) is 5.91. The molecular formula is C19H20IN3O. The molecule has 0 atom stereocenters. The van der Waals surface area contributed by atoms with E-state index in [1.807, 2.05) is 43.3 Å². The Kier molecular flexibility index (Phi) is 5.18. The van der Waals surface area contributed by atoms with Crippen molar-refractivity contribution >= 4 is 45.2 Å². The van der Waals surface area contributed by atoms with E-state index in [4.69, 9.17) is 0 Å². The minimum Gasteiger partial charge on any atom is -0.342 e. The fourth-order valence-electron chi connectivity index (χ4n) is 2.62. The number of imidazole rings is 1. The van der Waals surface area contributed by atoms with Gasteiger partial charge in [0.25, 0.3) is 5.91 Å². The fourth-order valence-corrected chi connectivity index (χ4v) is 3.23. The Balaban J connectivity index is 1.82. The van der Waals surface area contributed by atoms with Gasteiger partial charge in [0.2, 0.25) is 0 Å². The fraction of sp³-hybridized carbons (Fsp3) is 0.263. The third kappa shape index (κ3) is 3.61. The first-order valence-corrected chi connectivity index (χ1v) is 9.21. The number of rotatable bonds is 5. The summed E-state index contributed by atoms with van der Waals surface area (Å²) in [5.74, 6) is 0.914. The molecule has 0 aliphatic rings. The average molecular weight is 433 g/mol. The van der Waals surface area contributed by atoms with Crippen molar-refractivity contribution in [3.8, 4) is 0 Å². The van der Waals surface area contributed by atoms with E-state index < -0.39 is 0 Å². The van der Waals surface area contributed by atoms with Gasteiger partial charge in [0.15, 0.2) is 0 Å². The SMILES string of the molecule is CCCCc1nc2ccc(NC(=O)c3cccc(C)c3I)cc2[nH]1. The van der Waals surface area contributed by atoms with Crippen molar-refractivity contribution in [2.45, 2.75) is 33.1 Å². The van der Waals surface area contributed by atoms with Crippen LogP contribution in [0.2, 0.25) is 0 Å². The number of amides is 1. The van der Waals surface area contributed by atoms with Gasteiger partial charge >= 0.3 is 0 Å². The van der Waals surface area contributed by atoms with Gasteiger partial charge in [-0.3, -0.25) is 4.79 Å². The van der Waals surface area contributed by atoms with Crippen molar-refractivity contribution < 1.29 is 4.79 Å². The molecule has 0 unspecified atom stereocenters. The number of benzene rings is 2. The smallest absolute Gasteiger partial charge is 0.256 e. The lowest BCUT2D eigenvalue weighted by atomic mass is 10.1. The third-order valence-electron chi connectivity index (χ3n) is 3.99. The Bertz CT molecular complexity index is 885. The predicted molar refractivity (Wildman–Crippen MR) is 107 cm³/mol. The van der Waals surface area contributed by atoms with Gasteiger partial charge in [-0.15, -0.1) is 0 Å². The van der Waals surface area contributed by atoms with Crippen molar-refractivity contribution in [3.05, 3.63) is 56.9 Å². The number of aryl methyl sites for hydroxylation is 2. The summed E-state index contributed by atoms with van der Waals surface area (Å²) in [6.07, 6.45) is 3.22. The maximum atomic E-state index is 12.5. The van der Waals surface area contributed by atoms with E-state index in [1.165, 1.54) is 0 Å². The van der Waals surface area contributed by atoms with E-state index in [0.29, 0.717) is 5.56 Å². The molecule has 0 aliphatic heterocycles. The van der Waals surface area contributed by atoms with Gasteiger partial charge < -0.3 is 10.3 Å². The Hall–Kier alpha value is -1.89. The van der Waals surface area contributed by atoms with Gasteiger partial charge in [-0.1, -0.05) is 25.5 Å². The molecule has 3 rings (SSSR count). The molecule has 4 nitrogen and oxygen atoms in total. The number of hydrogen-bond acceptors (Lipinski definition) is 2. The zero-order valence-corrected chi connectivity index (χ0v) is 16.0. The van der Waals surface area contributed by atoms with Gasteiger partial charge in [0.1, 0.15) is 5.82 Å². The molecule has 0 aliphatic carbocycles. The van der Waals surface area contributed by atoms with E-state index in [2.05, 4.69) is 44.8 Å². The second-order valence-corrected chi connectivity index (χ2v) is 6.99. The highest BCUT2D eigenvalue weighted by atomic mass is 127. The van der Waals surface area contributed by atoms with Crippen molar-refractivity contribution in [2.24, 2.45) is 0 Å². The third-order valence-corrected chi connectivity index (χ3v) is 5.42. The van der Waals surface area contributed by atoms with Gasteiger partial charge in [0.05, 0.1) is 16.6 Å². The van der Waals surface area contributed by atoms with Gasteiger partial charge in [-0.2, -0.15) is 0 Å². The number of nitrogens with zero attached hydrogens (tertiary/aromatic N) is 1. The summed E-state index contributed by atoms with van der Waals surface area (Å²) in [5.41, 5.74) is 4.47. The lowest BCUT2D eigenvalue weighted by molar-refractivity contribution is 0.102. The summed E-state index contributed by atoms with van der Waals surface area (Å²) in [5, 5.41) is 2.98. The number of H-pyrrole nitrogens is 1. The number of fused-ring (bicyclic) bond motifs is 1. The molecule has 0 saturated carbocycles. The monoisotopic (exact) mass is 433 g/mol. The predicted octanol–water partition coefficient (Wildman–Crippen LogP) is 5.07. The summed E-state index contributed by atoms with van der Waals surface area (Å²) in [6, 6.07) is 11.5. The van der Waals surface area contributed by atoms with E-state index in [1.54, 1.807) is 0 Å². The number of hydrogen-bond donors (Lipinski definition) is 2. The maximum Gasteiger partial charge on any atom is 0.256 e. The summed E-state index contributed by atoms with van der Waals surface area (Å²) < 4.78 is 0.983. The highest BCUT2D eigenvalue weighted by Gasteiger charge is 2.12. The van der Waals surface area contributed by atoms with Crippen LogP contribution >= 0.6 is 22.6 Å². The highest BCUT2D eigenvalue weighted by molar-refractivity contribution is 14.1. The van der Waals surface area contributed by atoms with Gasteiger partial charge in [-0.05, 0) is 65.8 Å². The number of halogens is 1. The summed E-state index contributed by atoms with van der Waals surface area (Å²) in [6.45, 7) is 4.18. The minimum absolute atomic E-state index is 0.0897. The molecule has 0 radical (unpaired) electrons. The highest BCUT2D eigenvalue weighted by Crippen LogP contribution is 2.21. The van der Waals surface area contributed by atoms with E-state index in [0.717, 1.165) is 50.9 Å². The second kappa shape index (κ2) is 7.34. The van der Waals surface area contributed by atoms with Crippen LogP contribution in [0.15, 0.2) is 36.4 Å². The van der Waals surface area contributed by atoms with Gasteiger partial charge in [-0.25, -0.2) is 4.98 Å². The van der Waals surface area contributed by atoms with Crippen LogP contribution in [-0.2, 0) is 6.42 Å². The number of aromatic amines is 1. The standard InChI is InChI=1S/C19H20IN3O/c1-3-4-8-17-22-15-10-9-13(11-16(15)23-17)21-19(24)14-7-5-6-12(2)18(14)20/h5-7,9-11H,3-4,8H2,1-2H3,(H,21,24)(H,22,23). The first-order chi connectivity index (χ1) is 11.6. The van der Waals surface area contributed by atoms with Crippen LogP contribution in [0.5, 0.6) is 0 Å². The Morgan fingerprint density at radius 1 is 1.29 bits per heavy atom. The Labute approximate surface area is 155 Å². The van der Waals surface area contributed by atoms with Crippen molar-refractivity contribution in [1.82, 2.24) is 9.97 Å². The normalized spacial score (nSPS) is 11.0. The van der Waals surface area contributed by atoms with Crippen LogP contribution in [-0.4, -0.2) is 15.9 Å². The molecule has 2 N–H and O–H groups in total. The number of carbonyl (C=O) groups is 1. The zero-order chi connectivity index (χ0) is 17.1. The minimum atomic E-state index is -0.0897. The summed E-state index contributed by atoms with van der Waals surface area (Å²) in [7, 11) is 0. The first kappa shape index (κ1) is 17.0. The summed E-state index contributed by atoms with van der Waals surface area (Å²) >= 11 is 2.22. The van der Waals surface area contributed by atoms with Crippen LogP contribution in [0, 0.1) is 10.5 Å². The van der Waals surface area contributed by atoms with Crippen molar-refractivity contribution in [2.75, 3.05) is 5.32 Å². The molecule has 0 bridgehead atoms. The molecule has 0 spiro atoms. The molecule has 1 aromatic heterocycles. The number of unbranched alkanes of at least 4 members (excludes halogenated alkanes) is 1. The van der Waals surface area contributed by atoms with E-state index >= 15 is 0 Å². The van der Waals surface area contributed by atoms with E-state index in [-0.39, 0.29) is 5.91 Å². The van der Waals surface area contributed by atoms with Crippen LogP contribution in [0.3, 0.4) is 0 Å².